The van der Waals surface area contributed by atoms with Crippen molar-refractivity contribution in [2.45, 2.75) is 6.61 Å². The van der Waals surface area contributed by atoms with Gasteiger partial charge in [0.25, 0.3) is 0 Å². The van der Waals surface area contributed by atoms with Crippen LogP contribution in [0.1, 0.15) is 0 Å². The third-order valence-electron chi connectivity index (χ3n) is 1.83. The number of ether oxygens (including phenoxy) is 1. The van der Waals surface area contributed by atoms with Gasteiger partial charge in [-0.3, -0.25) is 0 Å². The highest BCUT2D eigenvalue weighted by atomic mass is 19.3. The summed E-state index contributed by atoms with van der Waals surface area (Å²) in [6.45, 7) is -2.90. The van der Waals surface area contributed by atoms with E-state index in [1.165, 1.54) is 18.2 Å². The number of tetrazole rings is 1. The molecule has 0 saturated carbocycles. The number of nitrogen functional groups attached to an aromatic ring is 1. The van der Waals surface area contributed by atoms with E-state index >= 15 is 0 Å². The van der Waals surface area contributed by atoms with E-state index in [0.717, 1.165) is 0 Å². The largest absolute Gasteiger partial charge is 0.433 e. The molecule has 0 saturated heterocycles. The maximum Gasteiger partial charge on any atom is 0.387 e. The number of benzene rings is 1. The Labute approximate surface area is 88.4 Å². The van der Waals surface area contributed by atoms with Gasteiger partial charge < -0.3 is 10.5 Å². The highest BCUT2D eigenvalue weighted by Crippen LogP contribution is 2.27. The molecule has 84 valence electrons. The first-order chi connectivity index (χ1) is 7.66. The molecule has 0 aliphatic carbocycles. The molecule has 2 rings (SSSR count). The monoisotopic (exact) mass is 227 g/mol. The van der Waals surface area contributed by atoms with E-state index in [1.807, 2.05) is 0 Å². The number of alkyl halides is 2. The summed E-state index contributed by atoms with van der Waals surface area (Å²) in [5.41, 5.74) is 6.18. The third kappa shape index (κ3) is 2.05. The molecule has 1 heterocycles. The Hall–Kier alpha value is -2.25. The predicted octanol–water partition coefficient (Wildman–Crippen LogP) is 1.05. The van der Waals surface area contributed by atoms with E-state index in [2.05, 4.69) is 25.4 Å². The van der Waals surface area contributed by atoms with Crippen LogP contribution in [0.2, 0.25) is 0 Å². The second-order valence-corrected chi connectivity index (χ2v) is 2.87. The van der Waals surface area contributed by atoms with Crippen LogP contribution in [0, 0.1) is 0 Å². The number of rotatable bonds is 3. The number of nitrogens with two attached hydrogens (primary N) is 1. The van der Waals surface area contributed by atoms with Crippen molar-refractivity contribution in [3.8, 4) is 17.1 Å². The lowest BCUT2D eigenvalue weighted by Crippen LogP contribution is -2.04. The van der Waals surface area contributed by atoms with Gasteiger partial charge in [-0.05, 0) is 23.4 Å². The molecule has 0 amide bonds. The number of anilines is 1. The number of aromatic nitrogens is 4. The van der Waals surface area contributed by atoms with Gasteiger partial charge in [-0.15, -0.1) is 10.2 Å². The van der Waals surface area contributed by atoms with Gasteiger partial charge in [-0.2, -0.15) is 14.0 Å². The Morgan fingerprint density at radius 2 is 2.19 bits per heavy atom. The fraction of sp³-hybridized carbons (Fsp3) is 0.125. The average Bonchev–Trinajstić information content (AvgIpc) is 2.73. The molecule has 6 nitrogen and oxygen atoms in total. The van der Waals surface area contributed by atoms with E-state index < -0.39 is 6.61 Å². The zero-order valence-electron chi connectivity index (χ0n) is 7.89. The highest BCUT2D eigenvalue weighted by Gasteiger charge is 2.10. The summed E-state index contributed by atoms with van der Waals surface area (Å²) in [6, 6.07) is 4.27. The maximum absolute atomic E-state index is 12.0. The van der Waals surface area contributed by atoms with Gasteiger partial charge in [0.2, 0.25) is 5.82 Å². The summed E-state index contributed by atoms with van der Waals surface area (Å²) >= 11 is 0. The minimum atomic E-state index is -2.90. The third-order valence-corrected chi connectivity index (χ3v) is 1.83. The van der Waals surface area contributed by atoms with Crippen LogP contribution in [0.5, 0.6) is 5.75 Å². The Kier molecular flexibility index (Phi) is 2.63. The van der Waals surface area contributed by atoms with Gasteiger partial charge in [0.05, 0.1) is 5.69 Å². The van der Waals surface area contributed by atoms with E-state index in [1.54, 1.807) is 0 Å². The first kappa shape index (κ1) is 10.3. The smallest absolute Gasteiger partial charge is 0.387 e. The van der Waals surface area contributed by atoms with Crippen molar-refractivity contribution in [1.29, 1.82) is 0 Å². The predicted molar refractivity (Wildman–Crippen MR) is 50.7 cm³/mol. The molecular formula is C8H7F2N5O. The normalized spacial score (nSPS) is 10.7. The quantitative estimate of drug-likeness (QED) is 0.765. The van der Waals surface area contributed by atoms with Crippen molar-refractivity contribution in [3.63, 3.8) is 0 Å². The van der Waals surface area contributed by atoms with Crippen LogP contribution < -0.4 is 10.5 Å². The first-order valence-corrected chi connectivity index (χ1v) is 4.25. The Balaban J connectivity index is 2.29. The van der Waals surface area contributed by atoms with Crippen LogP contribution in [0.4, 0.5) is 14.5 Å². The second kappa shape index (κ2) is 4.09. The topological polar surface area (TPSA) is 89.7 Å². The van der Waals surface area contributed by atoms with Crippen molar-refractivity contribution in [1.82, 2.24) is 20.6 Å². The summed E-state index contributed by atoms with van der Waals surface area (Å²) in [5.74, 6) is 0.248. The zero-order valence-corrected chi connectivity index (χ0v) is 7.89. The van der Waals surface area contributed by atoms with Crippen molar-refractivity contribution < 1.29 is 13.5 Å². The van der Waals surface area contributed by atoms with E-state index in [4.69, 9.17) is 5.73 Å². The van der Waals surface area contributed by atoms with Gasteiger partial charge >= 0.3 is 6.61 Å². The Bertz CT molecular complexity index is 473. The van der Waals surface area contributed by atoms with E-state index in [9.17, 15) is 8.78 Å². The number of H-pyrrole nitrogens is 1. The fourth-order valence-electron chi connectivity index (χ4n) is 1.17. The van der Waals surface area contributed by atoms with Crippen LogP contribution >= 0.6 is 0 Å². The number of hydrogen-bond donors (Lipinski definition) is 2. The van der Waals surface area contributed by atoms with Gasteiger partial charge in [-0.25, -0.2) is 0 Å². The molecule has 0 bridgehead atoms. The highest BCUT2D eigenvalue weighted by molar-refractivity contribution is 5.65. The van der Waals surface area contributed by atoms with Crippen LogP contribution in [-0.4, -0.2) is 27.2 Å². The SMILES string of the molecule is Nc1cc(-c2nn[nH]n2)ccc1OC(F)F. The standard InChI is InChI=1S/C8H7F2N5O/c9-8(10)16-6-2-1-4(3-5(6)11)7-12-14-15-13-7/h1-3,8H,11H2,(H,12,13,14,15). The molecule has 0 spiro atoms. The molecule has 1 aromatic heterocycles. The summed E-state index contributed by atoms with van der Waals surface area (Å²) in [6.07, 6.45) is 0. The summed E-state index contributed by atoms with van der Waals surface area (Å²) in [4.78, 5) is 0. The summed E-state index contributed by atoms with van der Waals surface area (Å²) in [5, 5.41) is 13.1. The van der Waals surface area contributed by atoms with E-state index in [-0.39, 0.29) is 11.4 Å². The molecule has 0 atom stereocenters. The van der Waals surface area contributed by atoms with Crippen LogP contribution in [0.15, 0.2) is 18.2 Å². The number of nitrogens with zero attached hydrogens (tertiary/aromatic N) is 3. The Morgan fingerprint density at radius 3 is 2.75 bits per heavy atom. The van der Waals surface area contributed by atoms with Gasteiger partial charge in [0.1, 0.15) is 5.75 Å². The van der Waals surface area contributed by atoms with Crippen molar-refractivity contribution >= 4 is 5.69 Å². The minimum absolute atomic E-state index is 0.0813. The average molecular weight is 227 g/mol. The molecule has 3 N–H and O–H groups in total. The lowest BCUT2D eigenvalue weighted by atomic mass is 10.2. The summed E-state index contributed by atoms with van der Waals surface area (Å²) < 4.78 is 28.1. The molecule has 2 aromatic rings. The second-order valence-electron chi connectivity index (χ2n) is 2.87. The van der Waals surface area contributed by atoms with Gasteiger partial charge in [0.15, 0.2) is 0 Å². The van der Waals surface area contributed by atoms with E-state index in [0.29, 0.717) is 11.4 Å². The lowest BCUT2D eigenvalue weighted by molar-refractivity contribution is -0.0493. The van der Waals surface area contributed by atoms with Crippen LogP contribution in [0.25, 0.3) is 11.4 Å². The Morgan fingerprint density at radius 1 is 1.38 bits per heavy atom. The molecule has 8 heteroatoms. The molecule has 0 radical (unpaired) electrons. The molecule has 0 unspecified atom stereocenters. The molecule has 0 aliphatic rings. The lowest BCUT2D eigenvalue weighted by Gasteiger charge is -2.07. The first-order valence-electron chi connectivity index (χ1n) is 4.25. The number of halogens is 2. The number of hydrogen-bond acceptors (Lipinski definition) is 5. The molecule has 1 aromatic carbocycles. The van der Waals surface area contributed by atoms with Crippen LogP contribution in [0.3, 0.4) is 0 Å². The van der Waals surface area contributed by atoms with Gasteiger partial charge in [0, 0.05) is 5.56 Å². The molecular weight excluding hydrogens is 220 g/mol. The fourth-order valence-corrected chi connectivity index (χ4v) is 1.17. The molecule has 0 aliphatic heterocycles. The number of aromatic amines is 1. The molecule has 0 fully saturated rings. The van der Waals surface area contributed by atoms with Gasteiger partial charge in [-0.1, -0.05) is 0 Å². The summed E-state index contributed by atoms with van der Waals surface area (Å²) in [7, 11) is 0. The van der Waals surface area contributed by atoms with Crippen molar-refractivity contribution in [3.05, 3.63) is 18.2 Å². The zero-order chi connectivity index (χ0) is 11.5. The molecule has 16 heavy (non-hydrogen) atoms. The van der Waals surface area contributed by atoms with Crippen LogP contribution in [-0.2, 0) is 0 Å². The maximum atomic E-state index is 12.0. The number of nitrogens with one attached hydrogen (secondary N) is 1. The van der Waals surface area contributed by atoms with Crippen molar-refractivity contribution in [2.24, 2.45) is 0 Å². The minimum Gasteiger partial charge on any atom is -0.433 e. The van der Waals surface area contributed by atoms with Crippen molar-refractivity contribution in [2.75, 3.05) is 5.73 Å².